The molecule has 6 nitrogen and oxygen atoms in total. The summed E-state index contributed by atoms with van der Waals surface area (Å²) >= 11 is 0. The number of esters is 2. The lowest BCUT2D eigenvalue weighted by molar-refractivity contribution is -0.181. The van der Waals surface area contributed by atoms with Gasteiger partial charge in [0.2, 0.25) is 6.29 Å². The van der Waals surface area contributed by atoms with E-state index in [0.717, 1.165) is 42.6 Å². The van der Waals surface area contributed by atoms with Crippen molar-refractivity contribution in [1.82, 2.24) is 0 Å². The fourth-order valence-electron chi connectivity index (χ4n) is 5.70. The van der Waals surface area contributed by atoms with Crippen molar-refractivity contribution in [3.8, 4) is 0 Å². The number of fused-ring (bicyclic) bond motifs is 2. The van der Waals surface area contributed by atoms with E-state index in [0.29, 0.717) is 11.7 Å². The van der Waals surface area contributed by atoms with Crippen LogP contribution in [0.15, 0.2) is 24.0 Å². The van der Waals surface area contributed by atoms with Gasteiger partial charge in [0, 0.05) is 31.8 Å². The molecule has 0 aromatic heterocycles. The van der Waals surface area contributed by atoms with Crippen molar-refractivity contribution in [2.75, 3.05) is 0 Å². The molecule has 0 radical (unpaired) electrons. The Hall–Kier alpha value is -1.76. The van der Waals surface area contributed by atoms with Crippen LogP contribution in [-0.2, 0) is 28.5 Å². The quantitative estimate of drug-likeness (QED) is 0.283. The summed E-state index contributed by atoms with van der Waals surface area (Å²) in [7, 11) is 1.26. The summed E-state index contributed by atoms with van der Waals surface area (Å²) in [6.45, 7) is 13.7. The molecule has 1 saturated carbocycles. The van der Waals surface area contributed by atoms with Crippen LogP contribution in [0.4, 0.5) is 0 Å². The average molecular weight is 430 g/mol. The Morgan fingerprint density at radius 2 is 1.97 bits per heavy atom. The second-order valence-electron chi connectivity index (χ2n) is 10.7. The highest BCUT2D eigenvalue weighted by Gasteiger charge is 2.54. The Morgan fingerprint density at radius 3 is 2.58 bits per heavy atom. The van der Waals surface area contributed by atoms with E-state index in [2.05, 4.69) is 13.5 Å². The van der Waals surface area contributed by atoms with Crippen molar-refractivity contribution in [1.29, 1.82) is 0 Å². The van der Waals surface area contributed by atoms with Gasteiger partial charge in [0.05, 0.1) is 23.9 Å². The Labute approximate surface area is 185 Å². The molecular formula is C24H35BO6. The molecule has 7 atom stereocenters. The van der Waals surface area contributed by atoms with Crippen molar-refractivity contribution in [3.05, 3.63) is 24.0 Å². The number of hydrogen-bond acceptors (Lipinski definition) is 6. The van der Waals surface area contributed by atoms with E-state index in [1.165, 1.54) is 21.1 Å². The molecule has 2 saturated heterocycles. The summed E-state index contributed by atoms with van der Waals surface area (Å²) in [6.07, 6.45) is 5.22. The minimum atomic E-state index is -0.687. The molecule has 3 heterocycles. The molecule has 4 aliphatic rings. The molecule has 4 rings (SSSR count). The Kier molecular flexibility index (Phi) is 5.78. The zero-order chi connectivity index (χ0) is 22.6. The zero-order valence-electron chi connectivity index (χ0n) is 19.4. The fraction of sp³-hybridized carbons (Fsp3) is 0.750. The normalized spacial score (nSPS) is 38.9. The molecule has 3 aliphatic heterocycles. The fourth-order valence-corrected chi connectivity index (χ4v) is 5.70. The lowest BCUT2D eigenvalue weighted by Gasteiger charge is -2.40. The lowest BCUT2D eigenvalue weighted by Crippen LogP contribution is -2.41. The minimum Gasteiger partial charge on any atom is -0.462 e. The van der Waals surface area contributed by atoms with Crippen molar-refractivity contribution >= 4 is 19.2 Å². The molecule has 0 bridgehead atoms. The van der Waals surface area contributed by atoms with E-state index in [9.17, 15) is 9.59 Å². The van der Waals surface area contributed by atoms with Crippen molar-refractivity contribution in [2.45, 2.75) is 102 Å². The molecular weight excluding hydrogens is 395 g/mol. The topological polar surface area (TPSA) is 74.4 Å². The van der Waals surface area contributed by atoms with Crippen LogP contribution in [0.2, 0.25) is 11.1 Å². The van der Waals surface area contributed by atoms with Gasteiger partial charge in [-0.1, -0.05) is 43.0 Å². The molecule has 7 heteroatoms. The molecule has 31 heavy (non-hydrogen) atoms. The van der Waals surface area contributed by atoms with Gasteiger partial charge >= 0.3 is 11.9 Å². The first-order valence-electron chi connectivity index (χ1n) is 11.6. The van der Waals surface area contributed by atoms with E-state index in [-0.39, 0.29) is 35.5 Å². The maximum Gasteiger partial charge on any atom is 0.305 e. The highest BCUT2D eigenvalue weighted by molar-refractivity contribution is 6.56. The maximum absolute atomic E-state index is 12.0. The third kappa shape index (κ3) is 4.71. The number of rotatable bonds is 5. The maximum atomic E-state index is 12.0. The predicted molar refractivity (Wildman–Crippen MR) is 118 cm³/mol. The van der Waals surface area contributed by atoms with E-state index in [1.54, 1.807) is 6.26 Å². The number of epoxide rings is 1. The van der Waals surface area contributed by atoms with Crippen LogP contribution < -0.4 is 0 Å². The third-order valence-electron chi connectivity index (χ3n) is 7.90. The number of carbonyl (C=O) groups excluding carboxylic acids is 2. The number of carbonyl (C=O) groups is 2. The first kappa shape index (κ1) is 22.4. The molecule has 0 aromatic rings. The van der Waals surface area contributed by atoms with Crippen LogP contribution in [0.1, 0.15) is 66.7 Å². The van der Waals surface area contributed by atoms with Gasteiger partial charge in [-0.05, 0) is 26.7 Å². The minimum absolute atomic E-state index is 0.0345. The summed E-state index contributed by atoms with van der Waals surface area (Å²) in [5.41, 5.74) is 1.81. The predicted octanol–water partition coefficient (Wildman–Crippen LogP) is 4.07. The highest BCUT2D eigenvalue weighted by Crippen LogP contribution is 2.64. The van der Waals surface area contributed by atoms with E-state index in [1.807, 2.05) is 13.8 Å². The molecule has 170 valence electrons. The van der Waals surface area contributed by atoms with Crippen LogP contribution in [-0.4, -0.2) is 43.3 Å². The molecule has 4 unspecified atom stereocenters. The lowest BCUT2D eigenvalue weighted by atomic mass is 9.71. The van der Waals surface area contributed by atoms with Crippen LogP contribution in [0.5, 0.6) is 0 Å². The number of hydrogen-bond donors (Lipinski definition) is 0. The summed E-state index contributed by atoms with van der Waals surface area (Å²) in [6, 6.07) is 0. The SMILES string of the molecule is C=C1CCC2BC2(C)CC[C@@H]2C(C(CC3OC3(C)C)OC(C)=O)=CO[C@H](OC(C)=O)[C@@H]12. The standard InChI is InChI=1S/C24H35BO6/c1-13-7-8-19-24(6,25-19)10-9-16-17(12-28-22(21(13)16)30-15(3)27)18(29-14(2)26)11-20-23(4,5)31-20/h12,16,18-22,25H,1,7-11H2,2-6H3/t16-,18?,19?,20?,21+,22-,24?/m1/s1. The summed E-state index contributed by atoms with van der Waals surface area (Å²) in [5, 5.41) is 0.369. The van der Waals surface area contributed by atoms with Gasteiger partial charge in [-0.15, -0.1) is 0 Å². The molecule has 0 aromatic carbocycles. The molecule has 1 aliphatic carbocycles. The zero-order valence-corrected chi connectivity index (χ0v) is 19.4. The Bertz CT molecular complexity index is 804. The highest BCUT2D eigenvalue weighted by atomic mass is 16.7. The van der Waals surface area contributed by atoms with Gasteiger partial charge in [0.1, 0.15) is 13.4 Å². The van der Waals surface area contributed by atoms with Gasteiger partial charge < -0.3 is 18.9 Å². The smallest absolute Gasteiger partial charge is 0.305 e. The third-order valence-corrected chi connectivity index (χ3v) is 7.90. The van der Waals surface area contributed by atoms with Crippen LogP contribution in [0.3, 0.4) is 0 Å². The monoisotopic (exact) mass is 430 g/mol. The second kappa shape index (κ2) is 7.98. The van der Waals surface area contributed by atoms with Gasteiger partial charge in [-0.3, -0.25) is 9.59 Å². The molecule has 0 amide bonds. The molecule has 0 N–H and O–H groups in total. The summed E-state index contributed by atoms with van der Waals surface area (Å²) in [5.74, 6) is -0.0501. The van der Waals surface area contributed by atoms with Crippen molar-refractivity contribution in [2.24, 2.45) is 11.8 Å². The van der Waals surface area contributed by atoms with Crippen LogP contribution >= 0.6 is 0 Å². The summed E-state index contributed by atoms with van der Waals surface area (Å²) < 4.78 is 23.1. The van der Waals surface area contributed by atoms with Crippen LogP contribution in [0.25, 0.3) is 0 Å². The van der Waals surface area contributed by atoms with E-state index < -0.39 is 12.4 Å². The molecule has 0 spiro atoms. The summed E-state index contributed by atoms with van der Waals surface area (Å²) in [4.78, 5) is 23.7. The van der Waals surface area contributed by atoms with E-state index >= 15 is 0 Å². The molecule has 3 fully saturated rings. The van der Waals surface area contributed by atoms with Gasteiger partial charge in [-0.25, -0.2) is 0 Å². The van der Waals surface area contributed by atoms with Crippen molar-refractivity contribution < 1.29 is 28.5 Å². The van der Waals surface area contributed by atoms with E-state index in [4.69, 9.17) is 18.9 Å². The van der Waals surface area contributed by atoms with Gasteiger partial charge in [0.15, 0.2) is 0 Å². The van der Waals surface area contributed by atoms with Crippen LogP contribution in [0, 0.1) is 11.8 Å². The first-order valence-corrected chi connectivity index (χ1v) is 11.6. The van der Waals surface area contributed by atoms with Gasteiger partial charge in [-0.2, -0.15) is 0 Å². The average Bonchev–Trinajstić information content (AvgIpc) is 3.50. The Balaban J connectivity index is 1.65. The van der Waals surface area contributed by atoms with Crippen molar-refractivity contribution in [3.63, 3.8) is 0 Å². The number of ether oxygens (including phenoxy) is 4. The first-order chi connectivity index (χ1) is 14.5. The second-order valence-corrected chi connectivity index (χ2v) is 10.7. The van der Waals surface area contributed by atoms with Gasteiger partial charge in [0.25, 0.3) is 0 Å². The largest absolute Gasteiger partial charge is 0.462 e. The Morgan fingerprint density at radius 1 is 1.26 bits per heavy atom.